The standard InChI is InChI=1S/C10H20N2O4S2/c1-11-18(15,16)7-9-6-12-8-10(9)2-4-17(13,14)5-3-10/h9,11-12H,2-8H2,1H3. The van der Waals surface area contributed by atoms with Gasteiger partial charge in [0.15, 0.2) is 0 Å². The predicted molar refractivity (Wildman–Crippen MR) is 69.5 cm³/mol. The third-order valence-electron chi connectivity index (χ3n) is 4.29. The van der Waals surface area contributed by atoms with Gasteiger partial charge >= 0.3 is 0 Å². The number of nitrogens with one attached hydrogen (secondary N) is 2. The summed E-state index contributed by atoms with van der Waals surface area (Å²) < 4.78 is 48.6. The van der Waals surface area contributed by atoms with Crippen LogP contribution in [0.25, 0.3) is 0 Å². The molecule has 6 nitrogen and oxygen atoms in total. The summed E-state index contributed by atoms with van der Waals surface area (Å²) in [6, 6.07) is 0. The molecule has 2 N–H and O–H groups in total. The van der Waals surface area contributed by atoms with E-state index < -0.39 is 19.9 Å². The van der Waals surface area contributed by atoms with Gasteiger partial charge in [0.1, 0.15) is 9.84 Å². The van der Waals surface area contributed by atoms with Crippen LogP contribution in [-0.4, -0.2) is 54.2 Å². The van der Waals surface area contributed by atoms with Gasteiger partial charge in [0.2, 0.25) is 10.0 Å². The molecule has 2 aliphatic heterocycles. The van der Waals surface area contributed by atoms with E-state index in [1.54, 1.807) is 0 Å². The zero-order chi connectivity index (χ0) is 13.4. The molecule has 2 rings (SSSR count). The maximum atomic E-state index is 11.7. The second-order valence-electron chi connectivity index (χ2n) is 5.33. The molecule has 0 aromatic heterocycles. The van der Waals surface area contributed by atoms with E-state index in [4.69, 9.17) is 0 Å². The maximum Gasteiger partial charge on any atom is 0.211 e. The monoisotopic (exact) mass is 296 g/mol. The zero-order valence-corrected chi connectivity index (χ0v) is 12.1. The van der Waals surface area contributed by atoms with Crippen molar-refractivity contribution in [3.05, 3.63) is 0 Å². The summed E-state index contributed by atoms with van der Waals surface area (Å²) in [4.78, 5) is 0. The predicted octanol–water partition coefficient (Wildman–Crippen LogP) is -1.05. The maximum absolute atomic E-state index is 11.7. The summed E-state index contributed by atoms with van der Waals surface area (Å²) in [5.41, 5.74) is -0.157. The molecule has 2 heterocycles. The van der Waals surface area contributed by atoms with Crippen LogP contribution in [0.3, 0.4) is 0 Å². The fourth-order valence-corrected chi connectivity index (χ4v) is 5.78. The number of rotatable bonds is 3. The minimum Gasteiger partial charge on any atom is -0.316 e. The molecule has 0 amide bonds. The Morgan fingerprint density at radius 3 is 2.50 bits per heavy atom. The Morgan fingerprint density at radius 2 is 1.94 bits per heavy atom. The van der Waals surface area contributed by atoms with Gasteiger partial charge < -0.3 is 5.32 Å². The molecule has 0 aromatic carbocycles. The van der Waals surface area contributed by atoms with Gasteiger partial charge in [-0.25, -0.2) is 21.6 Å². The molecule has 0 saturated carbocycles. The Balaban J connectivity index is 2.13. The van der Waals surface area contributed by atoms with Crippen LogP contribution in [0.15, 0.2) is 0 Å². The second kappa shape index (κ2) is 4.73. The van der Waals surface area contributed by atoms with E-state index >= 15 is 0 Å². The highest BCUT2D eigenvalue weighted by atomic mass is 32.2. The van der Waals surface area contributed by atoms with Gasteiger partial charge in [-0.2, -0.15) is 0 Å². The van der Waals surface area contributed by atoms with Crippen molar-refractivity contribution in [3.8, 4) is 0 Å². The van der Waals surface area contributed by atoms with E-state index in [0.29, 0.717) is 19.4 Å². The van der Waals surface area contributed by atoms with Crippen LogP contribution in [0.2, 0.25) is 0 Å². The number of sulfone groups is 1. The van der Waals surface area contributed by atoms with Gasteiger partial charge in [-0.15, -0.1) is 0 Å². The van der Waals surface area contributed by atoms with Crippen molar-refractivity contribution in [1.82, 2.24) is 10.0 Å². The number of hydrogen-bond donors (Lipinski definition) is 2. The molecule has 8 heteroatoms. The molecule has 2 aliphatic rings. The highest BCUT2D eigenvalue weighted by molar-refractivity contribution is 7.91. The lowest BCUT2D eigenvalue weighted by Crippen LogP contribution is -2.42. The highest BCUT2D eigenvalue weighted by Gasteiger charge is 2.47. The van der Waals surface area contributed by atoms with Gasteiger partial charge in [0, 0.05) is 6.54 Å². The Labute approximate surface area is 108 Å². The van der Waals surface area contributed by atoms with E-state index in [-0.39, 0.29) is 28.6 Å². The first-order valence-corrected chi connectivity index (χ1v) is 9.58. The van der Waals surface area contributed by atoms with Crippen molar-refractivity contribution < 1.29 is 16.8 Å². The van der Waals surface area contributed by atoms with Crippen molar-refractivity contribution in [1.29, 1.82) is 0 Å². The van der Waals surface area contributed by atoms with E-state index in [1.807, 2.05) is 0 Å². The first-order chi connectivity index (χ1) is 8.29. The third kappa shape index (κ3) is 2.87. The van der Waals surface area contributed by atoms with Crippen molar-refractivity contribution in [2.75, 3.05) is 37.4 Å². The summed E-state index contributed by atoms with van der Waals surface area (Å²) in [6.45, 7) is 1.38. The quantitative estimate of drug-likeness (QED) is 0.693. The van der Waals surface area contributed by atoms with Crippen LogP contribution in [0, 0.1) is 11.3 Å². The number of sulfonamides is 1. The van der Waals surface area contributed by atoms with Crippen molar-refractivity contribution in [2.24, 2.45) is 11.3 Å². The van der Waals surface area contributed by atoms with Crippen molar-refractivity contribution in [3.63, 3.8) is 0 Å². The van der Waals surface area contributed by atoms with E-state index in [2.05, 4.69) is 10.0 Å². The zero-order valence-electron chi connectivity index (χ0n) is 10.5. The Hall–Kier alpha value is -0.180. The van der Waals surface area contributed by atoms with Crippen LogP contribution < -0.4 is 10.0 Å². The van der Waals surface area contributed by atoms with Gasteiger partial charge in [0.25, 0.3) is 0 Å². The minimum absolute atomic E-state index is 0.00505. The summed E-state index contributed by atoms with van der Waals surface area (Å²) in [5.74, 6) is 0.456. The van der Waals surface area contributed by atoms with Crippen LogP contribution in [0.5, 0.6) is 0 Å². The fourth-order valence-electron chi connectivity index (χ4n) is 2.97. The number of hydrogen-bond acceptors (Lipinski definition) is 5. The van der Waals surface area contributed by atoms with Gasteiger partial charge in [-0.3, -0.25) is 0 Å². The lowest BCUT2D eigenvalue weighted by Gasteiger charge is -2.37. The lowest BCUT2D eigenvalue weighted by molar-refractivity contribution is 0.216. The normalized spacial score (nSPS) is 30.6. The molecular weight excluding hydrogens is 276 g/mol. The van der Waals surface area contributed by atoms with Crippen LogP contribution in [0.1, 0.15) is 12.8 Å². The largest absolute Gasteiger partial charge is 0.316 e. The van der Waals surface area contributed by atoms with Crippen molar-refractivity contribution in [2.45, 2.75) is 12.8 Å². The average molecular weight is 296 g/mol. The Kier molecular flexibility index (Phi) is 3.74. The fraction of sp³-hybridized carbons (Fsp3) is 1.00. The van der Waals surface area contributed by atoms with Crippen LogP contribution in [0.4, 0.5) is 0 Å². The minimum atomic E-state index is -3.25. The molecule has 0 aromatic rings. The molecule has 1 atom stereocenters. The molecule has 2 fully saturated rings. The van der Waals surface area contributed by atoms with Gasteiger partial charge in [-0.05, 0) is 37.8 Å². The van der Waals surface area contributed by atoms with Crippen LogP contribution >= 0.6 is 0 Å². The topological polar surface area (TPSA) is 92.3 Å². The van der Waals surface area contributed by atoms with E-state index in [0.717, 1.165) is 6.54 Å². The van der Waals surface area contributed by atoms with Crippen molar-refractivity contribution >= 4 is 19.9 Å². The highest BCUT2D eigenvalue weighted by Crippen LogP contribution is 2.42. The molecule has 2 saturated heterocycles. The SMILES string of the molecule is CNS(=O)(=O)CC1CNCC12CCS(=O)(=O)CC2. The molecular formula is C10H20N2O4S2. The average Bonchev–Trinajstić information content (AvgIpc) is 2.66. The lowest BCUT2D eigenvalue weighted by atomic mass is 9.74. The Morgan fingerprint density at radius 1 is 1.33 bits per heavy atom. The molecule has 0 bridgehead atoms. The van der Waals surface area contributed by atoms with Crippen LogP contribution in [-0.2, 0) is 19.9 Å². The Bertz CT molecular complexity index is 498. The molecule has 106 valence electrons. The van der Waals surface area contributed by atoms with Gasteiger partial charge in [0.05, 0.1) is 17.3 Å². The van der Waals surface area contributed by atoms with E-state index in [9.17, 15) is 16.8 Å². The smallest absolute Gasteiger partial charge is 0.211 e. The second-order valence-corrected chi connectivity index (χ2v) is 9.60. The summed E-state index contributed by atoms with van der Waals surface area (Å²) in [5, 5.41) is 3.22. The third-order valence-corrected chi connectivity index (χ3v) is 7.40. The molecule has 1 spiro atoms. The summed E-state index contributed by atoms with van der Waals surface area (Å²) >= 11 is 0. The molecule has 0 aliphatic carbocycles. The molecule has 0 radical (unpaired) electrons. The first kappa shape index (κ1) is 14.2. The molecule has 18 heavy (non-hydrogen) atoms. The van der Waals surface area contributed by atoms with Gasteiger partial charge in [-0.1, -0.05) is 0 Å². The summed E-state index contributed by atoms with van der Waals surface area (Å²) in [6.07, 6.45) is 1.15. The molecule has 1 unspecified atom stereocenters. The first-order valence-electron chi connectivity index (χ1n) is 6.11. The van der Waals surface area contributed by atoms with E-state index in [1.165, 1.54) is 7.05 Å². The summed E-state index contributed by atoms with van der Waals surface area (Å²) in [7, 11) is -4.75.